The van der Waals surface area contributed by atoms with Gasteiger partial charge in [0.1, 0.15) is 12.4 Å². The number of aromatic hydroxyl groups is 1. The summed E-state index contributed by atoms with van der Waals surface area (Å²) in [6, 6.07) is 7.25. The quantitative estimate of drug-likeness (QED) is 0.616. The molecule has 0 unspecified atom stereocenters. The van der Waals surface area contributed by atoms with Crippen LogP contribution in [0.1, 0.15) is 62.4 Å². The molecule has 0 bridgehead atoms. The summed E-state index contributed by atoms with van der Waals surface area (Å²) in [6.07, 6.45) is 1.62. The monoisotopic (exact) mass is 416 g/mol. The second kappa shape index (κ2) is 12.1. The van der Waals surface area contributed by atoms with E-state index >= 15 is 0 Å². The van der Waals surface area contributed by atoms with E-state index in [1.165, 1.54) is 7.11 Å². The summed E-state index contributed by atoms with van der Waals surface area (Å²) >= 11 is 0. The lowest BCUT2D eigenvalue weighted by Gasteiger charge is -2.12. The lowest BCUT2D eigenvalue weighted by atomic mass is 9.95. The van der Waals surface area contributed by atoms with Gasteiger partial charge in [0.05, 0.1) is 12.2 Å². The number of hydrogen-bond donors (Lipinski definition) is 2. The summed E-state index contributed by atoms with van der Waals surface area (Å²) in [7, 11) is 3.20. The smallest absolute Gasteiger partial charge is 0.336 e. The Kier molecular flexibility index (Phi) is 10.2. The summed E-state index contributed by atoms with van der Waals surface area (Å²) in [5, 5.41) is 18.2. The van der Waals surface area contributed by atoms with E-state index in [1.807, 2.05) is 19.9 Å². The van der Waals surface area contributed by atoms with Crippen LogP contribution >= 0.6 is 0 Å². The first-order chi connectivity index (χ1) is 14.2. The van der Waals surface area contributed by atoms with Crippen molar-refractivity contribution in [2.24, 2.45) is 0 Å². The molecular weight excluding hydrogens is 384 g/mol. The molecule has 0 aliphatic heterocycles. The van der Waals surface area contributed by atoms with E-state index in [2.05, 4.69) is 13.0 Å². The minimum atomic E-state index is -0.997. The molecule has 0 aliphatic rings. The number of carbonyl (C=O) groups excluding carboxylic acids is 1. The Hall–Kier alpha value is -2.70. The zero-order chi connectivity index (χ0) is 22.8. The lowest BCUT2D eigenvalue weighted by Crippen LogP contribution is -2.11. The van der Waals surface area contributed by atoms with Crippen molar-refractivity contribution in [3.63, 3.8) is 0 Å². The summed E-state index contributed by atoms with van der Waals surface area (Å²) in [4.78, 5) is 22.7. The van der Waals surface area contributed by atoms with Crippen LogP contribution in [-0.2, 0) is 28.9 Å². The van der Waals surface area contributed by atoms with Crippen molar-refractivity contribution in [3.8, 4) is 5.75 Å². The number of phenolic OH excluding ortho intramolecular Hbond substituents is 1. The molecule has 0 atom stereocenters. The van der Waals surface area contributed by atoms with Crippen molar-refractivity contribution in [2.45, 2.75) is 47.1 Å². The maximum Gasteiger partial charge on any atom is 0.336 e. The van der Waals surface area contributed by atoms with E-state index in [9.17, 15) is 14.7 Å². The van der Waals surface area contributed by atoms with Crippen molar-refractivity contribution < 1.29 is 29.3 Å². The van der Waals surface area contributed by atoms with E-state index in [0.29, 0.717) is 18.6 Å². The number of benzene rings is 2. The Labute approximate surface area is 178 Å². The highest BCUT2D eigenvalue weighted by atomic mass is 16.5. The fourth-order valence-corrected chi connectivity index (χ4v) is 3.03. The van der Waals surface area contributed by atoms with Crippen LogP contribution in [0.25, 0.3) is 0 Å². The second-order valence-corrected chi connectivity index (χ2v) is 7.02. The van der Waals surface area contributed by atoms with Crippen LogP contribution in [-0.4, -0.2) is 42.8 Å². The maximum atomic E-state index is 11.9. The van der Waals surface area contributed by atoms with Crippen LogP contribution in [0.2, 0.25) is 0 Å². The standard InChI is InChI=1S/C14H20O3.C10H12O3/c1-5-11-6-12(8-16-3)10(2)13(7-11)14(15)9-17-4;1-3-7-4-8(10(12)13)6(2)9(11)5-7/h6-7H,5,8-9H2,1-4H3;4-5,11H,3H2,1-2H3,(H,12,13). The molecule has 2 rings (SSSR count). The van der Waals surface area contributed by atoms with Gasteiger partial charge in [-0.25, -0.2) is 4.79 Å². The number of rotatable bonds is 8. The van der Waals surface area contributed by atoms with Crippen molar-refractivity contribution in [1.29, 1.82) is 0 Å². The van der Waals surface area contributed by atoms with Crippen LogP contribution < -0.4 is 0 Å². The van der Waals surface area contributed by atoms with E-state index in [-0.39, 0.29) is 23.7 Å². The third kappa shape index (κ3) is 6.68. The number of carboxylic acids is 1. The van der Waals surface area contributed by atoms with Crippen molar-refractivity contribution >= 4 is 11.8 Å². The number of ketones is 1. The Bertz CT molecular complexity index is 886. The number of methoxy groups -OCH3 is 2. The maximum absolute atomic E-state index is 11.9. The number of hydrogen-bond acceptors (Lipinski definition) is 5. The summed E-state index contributed by atoms with van der Waals surface area (Å²) in [5.41, 5.74) is 5.40. The highest BCUT2D eigenvalue weighted by Crippen LogP contribution is 2.23. The molecule has 0 saturated carbocycles. The first-order valence-electron chi connectivity index (χ1n) is 9.89. The van der Waals surface area contributed by atoms with Gasteiger partial charge in [0, 0.05) is 25.3 Å². The number of ether oxygens (including phenoxy) is 2. The fraction of sp³-hybridized carbons (Fsp3) is 0.417. The van der Waals surface area contributed by atoms with Crippen LogP contribution in [0.3, 0.4) is 0 Å². The molecule has 6 heteroatoms. The zero-order valence-corrected chi connectivity index (χ0v) is 18.7. The van der Waals surface area contributed by atoms with Crippen LogP contribution in [0, 0.1) is 13.8 Å². The van der Waals surface area contributed by atoms with Gasteiger partial charge in [0.25, 0.3) is 0 Å². The van der Waals surface area contributed by atoms with Crippen molar-refractivity contribution in [1.82, 2.24) is 0 Å². The minimum absolute atomic E-state index is 0.0256. The van der Waals surface area contributed by atoms with Crippen molar-refractivity contribution in [2.75, 3.05) is 20.8 Å². The van der Waals surface area contributed by atoms with Gasteiger partial charge < -0.3 is 19.7 Å². The molecular formula is C24H32O6. The van der Waals surface area contributed by atoms with Gasteiger partial charge in [-0.2, -0.15) is 0 Å². The minimum Gasteiger partial charge on any atom is -0.508 e. The molecule has 0 spiro atoms. The second-order valence-electron chi connectivity index (χ2n) is 7.02. The number of phenols is 1. The number of carbonyl (C=O) groups is 2. The predicted octanol–water partition coefficient (Wildman–Crippen LogP) is 4.49. The van der Waals surface area contributed by atoms with Gasteiger partial charge in [0.15, 0.2) is 5.78 Å². The number of aromatic carboxylic acids is 1. The molecule has 0 radical (unpaired) electrons. The molecule has 0 aliphatic carbocycles. The van der Waals surface area contributed by atoms with Crippen LogP contribution in [0.4, 0.5) is 0 Å². The molecule has 0 amide bonds. The Morgan fingerprint density at radius 1 is 0.867 bits per heavy atom. The molecule has 0 aromatic heterocycles. The van der Waals surface area contributed by atoms with Crippen molar-refractivity contribution in [3.05, 3.63) is 63.2 Å². The van der Waals surface area contributed by atoms with Gasteiger partial charge in [0.2, 0.25) is 0 Å². The lowest BCUT2D eigenvalue weighted by molar-refractivity contribution is 0.0695. The largest absolute Gasteiger partial charge is 0.508 e. The van der Waals surface area contributed by atoms with E-state index in [1.54, 1.807) is 26.2 Å². The summed E-state index contributed by atoms with van der Waals surface area (Å²) in [5.74, 6) is -0.919. The molecule has 2 aromatic rings. The van der Waals surface area contributed by atoms with Gasteiger partial charge in [-0.05, 0) is 67.1 Å². The Morgan fingerprint density at radius 3 is 1.93 bits per heavy atom. The molecule has 6 nitrogen and oxygen atoms in total. The molecule has 164 valence electrons. The molecule has 30 heavy (non-hydrogen) atoms. The topological polar surface area (TPSA) is 93.1 Å². The number of aryl methyl sites for hydroxylation is 2. The highest BCUT2D eigenvalue weighted by molar-refractivity contribution is 5.98. The fourth-order valence-electron chi connectivity index (χ4n) is 3.03. The molecule has 0 fully saturated rings. The SMILES string of the molecule is CCc1cc(COC)c(C)c(C(=O)COC)c1.CCc1cc(O)c(C)c(C(=O)O)c1. The first kappa shape index (κ1) is 25.3. The van der Waals surface area contributed by atoms with Gasteiger partial charge in [-0.3, -0.25) is 4.79 Å². The number of carboxylic acid groups (broad SMARTS) is 1. The Morgan fingerprint density at radius 2 is 1.43 bits per heavy atom. The number of Topliss-reactive ketones (excluding diaryl/α,β-unsaturated/α-hetero) is 1. The van der Waals surface area contributed by atoms with E-state index in [0.717, 1.165) is 34.2 Å². The summed E-state index contributed by atoms with van der Waals surface area (Å²) < 4.78 is 10.1. The zero-order valence-electron chi connectivity index (χ0n) is 18.7. The summed E-state index contributed by atoms with van der Waals surface area (Å²) in [6.45, 7) is 8.20. The van der Waals surface area contributed by atoms with Crippen LogP contribution in [0.15, 0.2) is 24.3 Å². The Balaban J connectivity index is 0.000000311. The van der Waals surface area contributed by atoms with Gasteiger partial charge in [-0.1, -0.05) is 19.9 Å². The first-order valence-corrected chi connectivity index (χ1v) is 9.89. The average Bonchev–Trinajstić information content (AvgIpc) is 2.71. The predicted molar refractivity (Wildman–Crippen MR) is 117 cm³/mol. The van der Waals surface area contributed by atoms with Gasteiger partial charge >= 0.3 is 5.97 Å². The molecule has 2 N–H and O–H groups in total. The van der Waals surface area contributed by atoms with E-state index in [4.69, 9.17) is 14.6 Å². The average molecular weight is 417 g/mol. The molecule has 2 aromatic carbocycles. The normalized spacial score (nSPS) is 10.3. The van der Waals surface area contributed by atoms with Crippen LogP contribution in [0.5, 0.6) is 5.75 Å². The highest BCUT2D eigenvalue weighted by Gasteiger charge is 2.13. The third-order valence-electron chi connectivity index (χ3n) is 4.94. The molecule has 0 saturated heterocycles. The van der Waals surface area contributed by atoms with E-state index < -0.39 is 5.97 Å². The van der Waals surface area contributed by atoms with Gasteiger partial charge in [-0.15, -0.1) is 0 Å². The third-order valence-corrected chi connectivity index (χ3v) is 4.94. The molecule has 0 heterocycles.